The minimum Gasteiger partial charge on any atom is -0.384 e. The molecule has 0 rings (SSSR count). The Morgan fingerprint density at radius 2 is 2.00 bits per heavy atom. The van der Waals surface area contributed by atoms with Crippen molar-refractivity contribution < 1.29 is 9.53 Å². The zero-order valence-corrected chi connectivity index (χ0v) is 7.94. The van der Waals surface area contributed by atoms with Crippen molar-refractivity contribution in [3.63, 3.8) is 0 Å². The SMILES string of the molecule is CCC(=O)[C@@](C)(CC)COC. The van der Waals surface area contributed by atoms with E-state index in [1.807, 2.05) is 20.8 Å². The average Bonchev–Trinajstić information content (AvgIpc) is 2.03. The normalized spacial score (nSPS) is 16.0. The first kappa shape index (κ1) is 10.6. The van der Waals surface area contributed by atoms with Crippen LogP contribution in [-0.4, -0.2) is 19.5 Å². The Hall–Kier alpha value is -0.370. The number of hydrogen-bond acceptors (Lipinski definition) is 2. The molecule has 2 nitrogen and oxygen atoms in total. The second kappa shape index (κ2) is 4.50. The van der Waals surface area contributed by atoms with Crippen molar-refractivity contribution in [3.8, 4) is 0 Å². The van der Waals surface area contributed by atoms with Gasteiger partial charge in [-0.2, -0.15) is 0 Å². The molecule has 0 spiro atoms. The second-order valence-electron chi connectivity index (χ2n) is 3.12. The van der Waals surface area contributed by atoms with E-state index >= 15 is 0 Å². The molecule has 1 atom stereocenters. The molecule has 0 heterocycles. The third-order valence-electron chi connectivity index (χ3n) is 2.24. The fourth-order valence-corrected chi connectivity index (χ4v) is 1.13. The summed E-state index contributed by atoms with van der Waals surface area (Å²) < 4.78 is 5.00. The molecule has 0 aromatic carbocycles. The number of ether oxygens (including phenoxy) is 1. The summed E-state index contributed by atoms with van der Waals surface area (Å²) in [4.78, 5) is 11.4. The minimum absolute atomic E-state index is 0.260. The maximum atomic E-state index is 11.4. The molecule has 2 heteroatoms. The molecule has 0 aromatic rings. The van der Waals surface area contributed by atoms with Gasteiger partial charge in [0.15, 0.2) is 0 Å². The highest BCUT2D eigenvalue weighted by Gasteiger charge is 2.29. The zero-order valence-electron chi connectivity index (χ0n) is 7.94. The first-order valence-electron chi connectivity index (χ1n) is 4.13. The van der Waals surface area contributed by atoms with Crippen LogP contribution in [0.15, 0.2) is 0 Å². The van der Waals surface area contributed by atoms with Crippen LogP contribution in [0.5, 0.6) is 0 Å². The first-order chi connectivity index (χ1) is 5.10. The van der Waals surface area contributed by atoms with E-state index in [0.717, 1.165) is 6.42 Å². The third-order valence-corrected chi connectivity index (χ3v) is 2.24. The maximum absolute atomic E-state index is 11.4. The molecule has 11 heavy (non-hydrogen) atoms. The summed E-state index contributed by atoms with van der Waals surface area (Å²) in [7, 11) is 1.64. The van der Waals surface area contributed by atoms with E-state index in [9.17, 15) is 4.79 Å². The lowest BCUT2D eigenvalue weighted by molar-refractivity contribution is -0.130. The highest BCUT2D eigenvalue weighted by Crippen LogP contribution is 2.23. The molecule has 0 bridgehead atoms. The standard InChI is InChI=1S/C9H18O2/c1-5-8(10)9(3,6-2)7-11-4/h5-7H2,1-4H3/t9-/m0/s1. The van der Waals surface area contributed by atoms with E-state index in [1.54, 1.807) is 7.11 Å². The molecule has 0 N–H and O–H groups in total. The largest absolute Gasteiger partial charge is 0.384 e. The van der Waals surface area contributed by atoms with Crippen LogP contribution in [0.1, 0.15) is 33.6 Å². The lowest BCUT2D eigenvalue weighted by atomic mass is 9.83. The average molecular weight is 158 g/mol. The highest BCUT2D eigenvalue weighted by molar-refractivity contribution is 5.84. The van der Waals surface area contributed by atoms with E-state index in [1.165, 1.54) is 0 Å². The summed E-state index contributed by atoms with van der Waals surface area (Å²) in [6.07, 6.45) is 1.46. The Kier molecular flexibility index (Phi) is 4.34. The van der Waals surface area contributed by atoms with Gasteiger partial charge in [-0.3, -0.25) is 4.79 Å². The van der Waals surface area contributed by atoms with E-state index in [-0.39, 0.29) is 5.41 Å². The summed E-state index contributed by atoms with van der Waals surface area (Å²) in [5.41, 5.74) is -0.260. The Morgan fingerprint density at radius 1 is 1.45 bits per heavy atom. The van der Waals surface area contributed by atoms with Gasteiger partial charge in [0.05, 0.1) is 6.61 Å². The Bertz CT molecular complexity index is 132. The summed E-state index contributed by atoms with van der Waals surface area (Å²) in [5, 5.41) is 0. The fraction of sp³-hybridized carbons (Fsp3) is 0.889. The molecule has 66 valence electrons. The van der Waals surface area contributed by atoms with Crippen molar-refractivity contribution in [2.75, 3.05) is 13.7 Å². The molecule has 0 fully saturated rings. The van der Waals surface area contributed by atoms with Crippen molar-refractivity contribution >= 4 is 5.78 Å². The van der Waals surface area contributed by atoms with Crippen LogP contribution in [0.3, 0.4) is 0 Å². The van der Waals surface area contributed by atoms with Gasteiger partial charge in [0.25, 0.3) is 0 Å². The predicted molar refractivity (Wildman–Crippen MR) is 45.6 cm³/mol. The van der Waals surface area contributed by atoms with Gasteiger partial charge in [0.1, 0.15) is 5.78 Å². The minimum atomic E-state index is -0.260. The summed E-state index contributed by atoms with van der Waals surface area (Å²) in [6.45, 7) is 6.41. The number of ketones is 1. The van der Waals surface area contributed by atoms with E-state index in [4.69, 9.17) is 4.74 Å². The van der Waals surface area contributed by atoms with Gasteiger partial charge in [-0.1, -0.05) is 20.8 Å². The number of rotatable bonds is 5. The van der Waals surface area contributed by atoms with Crippen molar-refractivity contribution in [3.05, 3.63) is 0 Å². The molecule has 0 aliphatic carbocycles. The molecule has 0 aliphatic rings. The predicted octanol–water partition coefficient (Wildman–Crippen LogP) is 2.03. The third kappa shape index (κ3) is 2.62. The van der Waals surface area contributed by atoms with E-state index < -0.39 is 0 Å². The Morgan fingerprint density at radius 3 is 2.27 bits per heavy atom. The van der Waals surface area contributed by atoms with Gasteiger partial charge in [0.2, 0.25) is 0 Å². The highest BCUT2D eigenvalue weighted by atomic mass is 16.5. The molecule has 0 radical (unpaired) electrons. The van der Waals surface area contributed by atoms with E-state index in [2.05, 4.69) is 0 Å². The van der Waals surface area contributed by atoms with Crippen LogP contribution < -0.4 is 0 Å². The van der Waals surface area contributed by atoms with Crippen LogP contribution in [0.25, 0.3) is 0 Å². The van der Waals surface area contributed by atoms with Gasteiger partial charge in [-0.25, -0.2) is 0 Å². The fourth-order valence-electron chi connectivity index (χ4n) is 1.13. The number of methoxy groups -OCH3 is 1. The van der Waals surface area contributed by atoms with E-state index in [0.29, 0.717) is 18.8 Å². The number of carbonyl (C=O) groups is 1. The van der Waals surface area contributed by atoms with Crippen LogP contribution in [0, 0.1) is 5.41 Å². The maximum Gasteiger partial charge on any atom is 0.140 e. The molecule has 0 saturated heterocycles. The van der Waals surface area contributed by atoms with Crippen LogP contribution >= 0.6 is 0 Å². The van der Waals surface area contributed by atoms with Gasteiger partial charge in [0, 0.05) is 18.9 Å². The van der Waals surface area contributed by atoms with Gasteiger partial charge in [-0.05, 0) is 6.42 Å². The lowest BCUT2D eigenvalue weighted by Crippen LogP contribution is -2.31. The summed E-state index contributed by atoms with van der Waals surface area (Å²) in [6, 6.07) is 0. The zero-order chi connectivity index (χ0) is 8.91. The second-order valence-corrected chi connectivity index (χ2v) is 3.12. The van der Waals surface area contributed by atoms with Gasteiger partial charge >= 0.3 is 0 Å². The van der Waals surface area contributed by atoms with Gasteiger partial charge < -0.3 is 4.74 Å². The number of hydrogen-bond donors (Lipinski definition) is 0. The molecular formula is C9H18O2. The van der Waals surface area contributed by atoms with Crippen LogP contribution in [0.4, 0.5) is 0 Å². The Balaban J connectivity index is 4.19. The Labute approximate surface area is 68.9 Å². The summed E-state index contributed by atoms with van der Waals surface area (Å²) >= 11 is 0. The number of Topliss-reactive ketones (excluding diaryl/α,β-unsaturated/α-hetero) is 1. The molecular weight excluding hydrogens is 140 g/mol. The lowest BCUT2D eigenvalue weighted by Gasteiger charge is -2.24. The smallest absolute Gasteiger partial charge is 0.140 e. The van der Waals surface area contributed by atoms with Crippen molar-refractivity contribution in [1.82, 2.24) is 0 Å². The quantitative estimate of drug-likeness (QED) is 0.612. The molecule has 0 aliphatic heterocycles. The van der Waals surface area contributed by atoms with Crippen LogP contribution in [0.2, 0.25) is 0 Å². The van der Waals surface area contributed by atoms with Crippen molar-refractivity contribution in [1.29, 1.82) is 0 Å². The summed E-state index contributed by atoms with van der Waals surface area (Å²) in [5.74, 6) is 0.293. The first-order valence-corrected chi connectivity index (χ1v) is 4.13. The van der Waals surface area contributed by atoms with Crippen LogP contribution in [-0.2, 0) is 9.53 Å². The van der Waals surface area contributed by atoms with Gasteiger partial charge in [-0.15, -0.1) is 0 Å². The van der Waals surface area contributed by atoms with Crippen molar-refractivity contribution in [2.45, 2.75) is 33.6 Å². The monoisotopic (exact) mass is 158 g/mol. The molecule has 0 unspecified atom stereocenters. The topological polar surface area (TPSA) is 26.3 Å². The number of carbonyl (C=O) groups excluding carboxylic acids is 1. The molecule has 0 amide bonds. The molecule has 0 aromatic heterocycles. The van der Waals surface area contributed by atoms with Crippen molar-refractivity contribution in [2.24, 2.45) is 5.41 Å². The molecule has 0 saturated carbocycles.